The van der Waals surface area contributed by atoms with Crippen LogP contribution in [0.4, 0.5) is 19.1 Å². The quantitative estimate of drug-likeness (QED) is 0.521. The van der Waals surface area contributed by atoms with Gasteiger partial charge in [0.1, 0.15) is 0 Å². The SMILES string of the molecule is CC(=O)c1cnc(N2CCn3c(cc4cc(CO)c(S(C)(=O)=O)cc43)C2C(C)C)nc1C(F)(F)F. The predicted octanol–water partition coefficient (Wildman–Crippen LogP) is 3.77. The van der Waals surface area contributed by atoms with Crippen LogP contribution >= 0.6 is 0 Å². The molecule has 12 heteroatoms. The number of halogens is 3. The smallest absolute Gasteiger partial charge is 0.392 e. The number of hydrogen-bond donors (Lipinski definition) is 1. The van der Waals surface area contributed by atoms with Crippen molar-refractivity contribution >= 4 is 32.5 Å². The molecule has 188 valence electrons. The van der Waals surface area contributed by atoms with Crippen molar-refractivity contribution in [2.75, 3.05) is 17.7 Å². The first kappa shape index (κ1) is 25.1. The number of aliphatic hydroxyl groups is 1. The lowest BCUT2D eigenvalue weighted by Crippen LogP contribution is -2.41. The second-order valence-corrected chi connectivity index (χ2v) is 11.0. The highest BCUT2D eigenvalue weighted by Gasteiger charge is 2.39. The van der Waals surface area contributed by atoms with Crippen molar-refractivity contribution in [3.05, 3.63) is 46.9 Å². The summed E-state index contributed by atoms with van der Waals surface area (Å²) in [4.78, 5) is 21.3. The minimum Gasteiger partial charge on any atom is -0.392 e. The van der Waals surface area contributed by atoms with Gasteiger partial charge in [0.2, 0.25) is 5.95 Å². The van der Waals surface area contributed by atoms with E-state index in [1.807, 2.05) is 24.5 Å². The number of ketones is 1. The fourth-order valence-electron chi connectivity index (χ4n) is 4.74. The number of anilines is 1. The molecule has 0 fully saturated rings. The number of aliphatic hydroxyl groups excluding tert-OH is 1. The second kappa shape index (κ2) is 8.59. The number of carbonyl (C=O) groups excluding carboxylic acids is 1. The first-order valence-electron chi connectivity index (χ1n) is 10.9. The number of Topliss-reactive ketones (excluding diaryl/α,β-unsaturated/α-hetero) is 1. The third-order valence-electron chi connectivity index (χ3n) is 6.20. The largest absolute Gasteiger partial charge is 0.434 e. The Labute approximate surface area is 200 Å². The first-order chi connectivity index (χ1) is 16.2. The lowest BCUT2D eigenvalue weighted by molar-refractivity contribution is -0.141. The molecule has 3 aromatic rings. The lowest BCUT2D eigenvalue weighted by Gasteiger charge is -2.39. The van der Waals surface area contributed by atoms with E-state index >= 15 is 0 Å². The van der Waals surface area contributed by atoms with Crippen LogP contribution in [0.5, 0.6) is 0 Å². The summed E-state index contributed by atoms with van der Waals surface area (Å²) >= 11 is 0. The van der Waals surface area contributed by atoms with Gasteiger partial charge in [0.05, 0.1) is 23.1 Å². The summed E-state index contributed by atoms with van der Waals surface area (Å²) in [5.74, 6) is -0.981. The third kappa shape index (κ3) is 4.40. The standard InChI is InChI=1S/C23H25F3N4O4S/c1-12(2)20-18-8-14-7-15(11-31)19(35(4,33)34)9-17(14)29(18)5-6-30(20)22-27-10-16(13(3)32)21(28-22)23(24,25)26/h7-10,12,20,31H,5-6,11H2,1-4H3. The minimum atomic E-state index is -4.82. The summed E-state index contributed by atoms with van der Waals surface area (Å²) in [6, 6.07) is 4.59. The highest BCUT2D eigenvalue weighted by molar-refractivity contribution is 7.90. The van der Waals surface area contributed by atoms with Crippen molar-refractivity contribution in [3.8, 4) is 0 Å². The van der Waals surface area contributed by atoms with E-state index in [9.17, 15) is 31.5 Å². The Balaban J connectivity index is 1.88. The van der Waals surface area contributed by atoms with E-state index in [1.54, 1.807) is 11.0 Å². The summed E-state index contributed by atoms with van der Waals surface area (Å²) < 4.78 is 67.5. The number of nitrogens with zero attached hydrogens (tertiary/aromatic N) is 4. The Bertz CT molecular complexity index is 1430. The average molecular weight is 511 g/mol. The van der Waals surface area contributed by atoms with E-state index in [0.29, 0.717) is 17.4 Å². The van der Waals surface area contributed by atoms with E-state index in [1.165, 1.54) is 6.07 Å². The van der Waals surface area contributed by atoms with Gasteiger partial charge in [-0.3, -0.25) is 4.79 Å². The number of rotatable bonds is 5. The van der Waals surface area contributed by atoms with Crippen LogP contribution < -0.4 is 4.90 Å². The third-order valence-corrected chi connectivity index (χ3v) is 7.38. The highest BCUT2D eigenvalue weighted by Crippen LogP contribution is 2.40. The molecule has 2 aromatic heterocycles. The molecule has 1 atom stereocenters. The number of alkyl halides is 3. The Morgan fingerprint density at radius 2 is 1.91 bits per heavy atom. The van der Waals surface area contributed by atoms with Gasteiger partial charge in [-0.2, -0.15) is 13.2 Å². The molecule has 4 rings (SSSR count). The van der Waals surface area contributed by atoms with E-state index in [0.717, 1.165) is 25.1 Å². The van der Waals surface area contributed by atoms with Gasteiger partial charge in [-0.1, -0.05) is 13.8 Å². The fraction of sp³-hybridized carbons (Fsp3) is 0.435. The van der Waals surface area contributed by atoms with Gasteiger partial charge in [-0.15, -0.1) is 0 Å². The van der Waals surface area contributed by atoms with Gasteiger partial charge in [0, 0.05) is 42.1 Å². The van der Waals surface area contributed by atoms with E-state index in [4.69, 9.17) is 0 Å². The van der Waals surface area contributed by atoms with Crippen LogP contribution in [0.3, 0.4) is 0 Å². The normalized spacial score (nSPS) is 16.7. The van der Waals surface area contributed by atoms with Crippen LogP contribution in [-0.4, -0.2) is 46.6 Å². The summed E-state index contributed by atoms with van der Waals surface area (Å²) in [6.45, 7) is 5.04. The fourth-order valence-corrected chi connectivity index (χ4v) is 5.66. The zero-order valence-corrected chi connectivity index (χ0v) is 20.4. The summed E-state index contributed by atoms with van der Waals surface area (Å²) in [6.07, 6.45) is -2.83. The van der Waals surface area contributed by atoms with Crippen molar-refractivity contribution in [3.63, 3.8) is 0 Å². The van der Waals surface area contributed by atoms with Gasteiger partial charge in [-0.05, 0) is 36.6 Å². The molecule has 1 aromatic carbocycles. The summed E-state index contributed by atoms with van der Waals surface area (Å²) in [5.41, 5.74) is -0.151. The van der Waals surface area contributed by atoms with Gasteiger partial charge in [0.25, 0.3) is 0 Å². The van der Waals surface area contributed by atoms with Gasteiger partial charge < -0.3 is 14.6 Å². The molecular weight excluding hydrogens is 485 g/mol. The molecule has 3 heterocycles. The van der Waals surface area contributed by atoms with Gasteiger partial charge in [-0.25, -0.2) is 18.4 Å². The molecule has 1 aliphatic heterocycles. The summed E-state index contributed by atoms with van der Waals surface area (Å²) in [5, 5.41) is 10.4. The highest BCUT2D eigenvalue weighted by atomic mass is 32.2. The summed E-state index contributed by atoms with van der Waals surface area (Å²) in [7, 11) is -3.59. The van der Waals surface area contributed by atoms with Crippen molar-refractivity contribution in [2.24, 2.45) is 5.92 Å². The van der Waals surface area contributed by atoms with E-state index in [2.05, 4.69) is 9.97 Å². The average Bonchev–Trinajstić information content (AvgIpc) is 3.13. The number of fused-ring (bicyclic) bond motifs is 3. The second-order valence-electron chi connectivity index (χ2n) is 9.04. The minimum absolute atomic E-state index is 0.0369. The van der Waals surface area contributed by atoms with Crippen molar-refractivity contribution in [1.82, 2.24) is 14.5 Å². The molecule has 8 nitrogen and oxygen atoms in total. The van der Waals surface area contributed by atoms with Crippen molar-refractivity contribution < 1.29 is 31.5 Å². The maximum Gasteiger partial charge on any atom is 0.434 e. The monoisotopic (exact) mass is 510 g/mol. The lowest BCUT2D eigenvalue weighted by atomic mass is 9.97. The maximum atomic E-state index is 13.7. The van der Waals surface area contributed by atoms with Crippen LogP contribution in [0, 0.1) is 5.92 Å². The molecule has 0 radical (unpaired) electrons. The van der Waals surface area contributed by atoms with E-state index < -0.39 is 45.7 Å². The van der Waals surface area contributed by atoms with Crippen molar-refractivity contribution in [1.29, 1.82) is 0 Å². The zero-order chi connectivity index (χ0) is 25.9. The molecule has 35 heavy (non-hydrogen) atoms. The molecule has 0 aliphatic carbocycles. The molecule has 0 bridgehead atoms. The van der Waals surface area contributed by atoms with Gasteiger partial charge in [0.15, 0.2) is 21.3 Å². The Kier molecular flexibility index (Phi) is 6.17. The molecule has 1 aliphatic rings. The topological polar surface area (TPSA) is 105 Å². The molecule has 0 spiro atoms. The predicted molar refractivity (Wildman–Crippen MR) is 123 cm³/mol. The molecule has 1 unspecified atom stereocenters. The molecule has 0 saturated carbocycles. The van der Waals surface area contributed by atoms with Crippen LogP contribution in [-0.2, 0) is 29.2 Å². The van der Waals surface area contributed by atoms with Crippen LogP contribution in [0.2, 0.25) is 0 Å². The zero-order valence-electron chi connectivity index (χ0n) is 19.6. The number of hydrogen-bond acceptors (Lipinski definition) is 7. The molecule has 0 amide bonds. The number of carbonyl (C=O) groups is 1. The Morgan fingerprint density at radius 3 is 2.46 bits per heavy atom. The molecule has 1 N–H and O–H groups in total. The Morgan fingerprint density at radius 1 is 1.23 bits per heavy atom. The number of aromatic nitrogens is 3. The molecule has 0 saturated heterocycles. The van der Waals surface area contributed by atoms with Crippen LogP contribution in [0.25, 0.3) is 10.9 Å². The molecular formula is C23H25F3N4O4S. The first-order valence-corrected chi connectivity index (χ1v) is 12.8. The van der Waals surface area contributed by atoms with Crippen molar-refractivity contribution in [2.45, 2.75) is 51.0 Å². The number of sulfone groups is 1. The maximum absolute atomic E-state index is 13.7. The Hall–Kier alpha value is -2.99. The van der Waals surface area contributed by atoms with Gasteiger partial charge >= 0.3 is 6.18 Å². The van der Waals surface area contributed by atoms with E-state index in [-0.39, 0.29) is 28.9 Å². The van der Waals surface area contributed by atoms with Crippen LogP contribution in [0.15, 0.2) is 29.3 Å². The van der Waals surface area contributed by atoms with Crippen LogP contribution in [0.1, 0.15) is 54.1 Å². The number of benzene rings is 1.